The van der Waals surface area contributed by atoms with Crippen LogP contribution in [0.1, 0.15) is 20.7 Å². The minimum atomic E-state index is -1.06. The summed E-state index contributed by atoms with van der Waals surface area (Å²) >= 11 is 0. The molecule has 0 atom stereocenters. The molecule has 0 spiro atoms. The molecular formula is C11H14NO4+. The monoisotopic (exact) mass is 224 g/mol. The van der Waals surface area contributed by atoms with E-state index in [2.05, 4.69) is 0 Å². The SMILES string of the molecule is C[N+](C)(C)c1cc(C(=O)O)ccc1C(=O)O. The van der Waals surface area contributed by atoms with Gasteiger partial charge >= 0.3 is 11.9 Å². The second kappa shape index (κ2) is 3.94. The molecule has 0 bridgehead atoms. The molecule has 1 rings (SSSR count). The summed E-state index contributed by atoms with van der Waals surface area (Å²) in [6.45, 7) is 0. The van der Waals surface area contributed by atoms with E-state index in [4.69, 9.17) is 10.2 Å². The predicted octanol–water partition coefficient (Wildman–Crippen LogP) is 1.28. The summed E-state index contributed by atoms with van der Waals surface area (Å²) in [5.41, 5.74) is 0.679. The molecule has 0 aliphatic rings. The highest BCUT2D eigenvalue weighted by Gasteiger charge is 2.23. The van der Waals surface area contributed by atoms with E-state index in [1.807, 2.05) is 0 Å². The van der Waals surface area contributed by atoms with Gasteiger partial charge in [0.25, 0.3) is 0 Å². The first-order chi connectivity index (χ1) is 7.23. The van der Waals surface area contributed by atoms with Crippen LogP contribution in [0.3, 0.4) is 0 Å². The lowest BCUT2D eigenvalue weighted by atomic mass is 10.1. The Morgan fingerprint density at radius 1 is 1.06 bits per heavy atom. The minimum absolute atomic E-state index is 0.0908. The van der Waals surface area contributed by atoms with Gasteiger partial charge in [-0.25, -0.2) is 9.59 Å². The van der Waals surface area contributed by atoms with E-state index in [1.54, 1.807) is 21.1 Å². The van der Waals surface area contributed by atoms with Crippen LogP contribution in [0.5, 0.6) is 0 Å². The number of hydrogen-bond acceptors (Lipinski definition) is 2. The molecular weight excluding hydrogens is 210 g/mol. The summed E-state index contributed by atoms with van der Waals surface area (Å²) in [5.74, 6) is -2.12. The van der Waals surface area contributed by atoms with Gasteiger partial charge in [-0.15, -0.1) is 0 Å². The van der Waals surface area contributed by atoms with E-state index >= 15 is 0 Å². The summed E-state index contributed by atoms with van der Waals surface area (Å²) in [4.78, 5) is 21.8. The molecule has 0 radical (unpaired) electrons. The molecule has 0 aliphatic heterocycles. The van der Waals surface area contributed by atoms with Crippen LogP contribution in [0.4, 0.5) is 5.69 Å². The van der Waals surface area contributed by atoms with Crippen molar-refractivity contribution in [1.29, 1.82) is 0 Å². The Morgan fingerprint density at radius 2 is 1.62 bits per heavy atom. The number of carbonyl (C=O) groups is 2. The lowest BCUT2D eigenvalue weighted by Crippen LogP contribution is -2.36. The van der Waals surface area contributed by atoms with Gasteiger partial charge in [0.15, 0.2) is 0 Å². The zero-order chi connectivity index (χ0) is 12.5. The maximum Gasteiger partial charge on any atom is 0.341 e. The summed E-state index contributed by atoms with van der Waals surface area (Å²) in [6.07, 6.45) is 0. The maximum atomic E-state index is 11.0. The van der Waals surface area contributed by atoms with Crippen LogP contribution < -0.4 is 4.48 Å². The molecule has 0 aromatic heterocycles. The van der Waals surface area contributed by atoms with Gasteiger partial charge in [0.1, 0.15) is 11.3 Å². The van der Waals surface area contributed by atoms with Crippen molar-refractivity contribution in [2.24, 2.45) is 0 Å². The lowest BCUT2D eigenvalue weighted by Gasteiger charge is -2.25. The Labute approximate surface area is 93.1 Å². The molecule has 0 saturated carbocycles. The summed E-state index contributed by atoms with van der Waals surface area (Å²) < 4.78 is 0.253. The van der Waals surface area contributed by atoms with Gasteiger partial charge < -0.3 is 10.2 Å². The van der Waals surface area contributed by atoms with Crippen LogP contribution in [0.2, 0.25) is 0 Å². The number of quaternary nitrogens is 1. The van der Waals surface area contributed by atoms with Crippen LogP contribution >= 0.6 is 0 Å². The fourth-order valence-electron chi connectivity index (χ4n) is 1.40. The van der Waals surface area contributed by atoms with Crippen molar-refractivity contribution in [1.82, 2.24) is 4.48 Å². The third-order valence-electron chi connectivity index (χ3n) is 2.20. The van der Waals surface area contributed by atoms with Crippen molar-refractivity contribution in [3.63, 3.8) is 0 Å². The van der Waals surface area contributed by atoms with Crippen molar-refractivity contribution in [3.8, 4) is 0 Å². The Morgan fingerprint density at radius 3 is 2.00 bits per heavy atom. The smallest absolute Gasteiger partial charge is 0.341 e. The van der Waals surface area contributed by atoms with E-state index in [-0.39, 0.29) is 15.6 Å². The number of carboxylic acids is 2. The Bertz CT molecular complexity index is 446. The summed E-state index contributed by atoms with van der Waals surface area (Å²) in [7, 11) is 5.36. The van der Waals surface area contributed by atoms with Gasteiger partial charge in [-0.05, 0) is 12.1 Å². The average molecular weight is 224 g/mol. The topological polar surface area (TPSA) is 74.6 Å². The minimum Gasteiger partial charge on any atom is -0.478 e. The highest BCUT2D eigenvalue weighted by molar-refractivity contribution is 5.97. The standard InChI is InChI=1S/C11H13NO4/c1-12(2,3)9-6-7(10(13)14)4-5-8(9)11(15)16/h4-6H,1-3H3,(H-,13,14,15,16)/p+1. The molecule has 0 amide bonds. The fraction of sp³-hybridized carbons (Fsp3) is 0.273. The van der Waals surface area contributed by atoms with E-state index in [9.17, 15) is 9.59 Å². The van der Waals surface area contributed by atoms with Crippen LogP contribution in [0.15, 0.2) is 18.2 Å². The molecule has 0 saturated heterocycles. The molecule has 5 heteroatoms. The second-order valence-corrected chi connectivity index (χ2v) is 4.35. The van der Waals surface area contributed by atoms with E-state index in [0.717, 1.165) is 0 Å². The second-order valence-electron chi connectivity index (χ2n) is 4.35. The van der Waals surface area contributed by atoms with E-state index in [0.29, 0.717) is 5.69 Å². The van der Waals surface area contributed by atoms with Crippen molar-refractivity contribution < 1.29 is 19.8 Å². The molecule has 0 fully saturated rings. The molecule has 86 valence electrons. The summed E-state index contributed by atoms with van der Waals surface area (Å²) in [5, 5.41) is 17.9. The first kappa shape index (κ1) is 12.2. The first-order valence-electron chi connectivity index (χ1n) is 4.66. The third-order valence-corrected chi connectivity index (χ3v) is 2.20. The van der Waals surface area contributed by atoms with Crippen molar-refractivity contribution in [2.45, 2.75) is 0 Å². The van der Waals surface area contributed by atoms with Crippen molar-refractivity contribution in [3.05, 3.63) is 29.3 Å². The Kier molecular flexibility index (Phi) is 3.00. The van der Waals surface area contributed by atoms with Gasteiger partial charge in [0, 0.05) is 6.07 Å². The Balaban J connectivity index is 3.45. The van der Waals surface area contributed by atoms with Gasteiger partial charge in [-0.1, -0.05) is 0 Å². The van der Waals surface area contributed by atoms with Gasteiger partial charge in [0.2, 0.25) is 0 Å². The van der Waals surface area contributed by atoms with E-state index in [1.165, 1.54) is 18.2 Å². The number of carboxylic acid groups (broad SMARTS) is 2. The quantitative estimate of drug-likeness (QED) is 0.758. The molecule has 0 aliphatic carbocycles. The van der Waals surface area contributed by atoms with Crippen LogP contribution in [-0.2, 0) is 0 Å². The molecule has 0 heterocycles. The molecule has 2 N–H and O–H groups in total. The molecule has 1 aromatic rings. The van der Waals surface area contributed by atoms with Gasteiger partial charge in [-0.3, -0.25) is 4.48 Å². The Hall–Kier alpha value is -1.88. The van der Waals surface area contributed by atoms with Crippen LogP contribution in [-0.4, -0.2) is 43.3 Å². The summed E-state index contributed by atoms with van der Waals surface area (Å²) in [6, 6.07) is 4.02. The van der Waals surface area contributed by atoms with Crippen LogP contribution in [0, 0.1) is 0 Å². The van der Waals surface area contributed by atoms with Crippen molar-refractivity contribution in [2.75, 3.05) is 21.1 Å². The fourth-order valence-corrected chi connectivity index (χ4v) is 1.40. The predicted molar refractivity (Wildman–Crippen MR) is 59.9 cm³/mol. The third kappa shape index (κ3) is 2.38. The zero-order valence-electron chi connectivity index (χ0n) is 9.39. The largest absolute Gasteiger partial charge is 0.478 e. The highest BCUT2D eigenvalue weighted by Crippen LogP contribution is 2.24. The van der Waals surface area contributed by atoms with E-state index < -0.39 is 11.9 Å². The average Bonchev–Trinajstić information content (AvgIpc) is 2.15. The normalized spacial score (nSPS) is 11.2. The highest BCUT2D eigenvalue weighted by atomic mass is 16.4. The number of benzene rings is 1. The van der Waals surface area contributed by atoms with Gasteiger partial charge in [0.05, 0.1) is 26.7 Å². The molecule has 5 nitrogen and oxygen atoms in total. The maximum absolute atomic E-state index is 11.0. The van der Waals surface area contributed by atoms with Crippen molar-refractivity contribution >= 4 is 17.6 Å². The lowest BCUT2D eigenvalue weighted by molar-refractivity contribution is 0.0680. The zero-order valence-corrected chi connectivity index (χ0v) is 9.39. The number of nitrogens with zero attached hydrogens (tertiary/aromatic N) is 1. The first-order valence-corrected chi connectivity index (χ1v) is 4.66. The van der Waals surface area contributed by atoms with Crippen LogP contribution in [0.25, 0.3) is 0 Å². The number of rotatable bonds is 3. The molecule has 1 aromatic carbocycles. The number of hydrogen-bond donors (Lipinski definition) is 2. The number of aromatic carboxylic acids is 2. The van der Waals surface area contributed by atoms with Gasteiger partial charge in [-0.2, -0.15) is 0 Å². The molecule has 0 unspecified atom stereocenters. The molecule has 16 heavy (non-hydrogen) atoms.